The van der Waals surface area contributed by atoms with E-state index in [0.29, 0.717) is 17.5 Å². The molecule has 2 amide bonds. The zero-order valence-corrected chi connectivity index (χ0v) is 17.4. The smallest absolute Gasteiger partial charge is 0.272 e. The minimum Gasteiger partial charge on any atom is -0.471 e. The molecule has 0 radical (unpaired) electrons. The van der Waals surface area contributed by atoms with Crippen molar-refractivity contribution in [2.45, 2.75) is 46.6 Å². The Morgan fingerprint density at radius 1 is 1.20 bits per heavy atom. The molecule has 0 aliphatic carbocycles. The molecule has 2 aromatic heterocycles. The second-order valence-electron chi connectivity index (χ2n) is 7.03. The van der Waals surface area contributed by atoms with Crippen LogP contribution in [0, 0.1) is 5.92 Å². The Bertz CT molecular complexity index is 890. The van der Waals surface area contributed by atoms with Gasteiger partial charge in [-0.25, -0.2) is 18.7 Å². The highest BCUT2D eigenvalue weighted by Gasteiger charge is 2.19. The highest BCUT2D eigenvalue weighted by molar-refractivity contribution is 6.03. The van der Waals surface area contributed by atoms with Gasteiger partial charge in [-0.1, -0.05) is 20.8 Å². The summed E-state index contributed by atoms with van der Waals surface area (Å²) in [6, 6.07) is 4.52. The fourth-order valence-corrected chi connectivity index (χ4v) is 2.59. The number of aryl methyl sites for hydroxylation is 1. The predicted octanol–water partition coefficient (Wildman–Crippen LogP) is 3.77. The molecule has 9 heteroatoms. The molecule has 0 aliphatic rings. The number of nitrogens with one attached hydrogen (secondary N) is 2. The van der Waals surface area contributed by atoms with E-state index in [1.807, 2.05) is 6.92 Å². The van der Waals surface area contributed by atoms with Gasteiger partial charge in [0, 0.05) is 23.9 Å². The van der Waals surface area contributed by atoms with E-state index in [4.69, 9.17) is 4.74 Å². The van der Waals surface area contributed by atoms with Crippen molar-refractivity contribution >= 4 is 17.6 Å². The Hall–Kier alpha value is -3.10. The average molecular weight is 420 g/mol. The lowest BCUT2D eigenvalue weighted by Crippen LogP contribution is -2.29. The summed E-state index contributed by atoms with van der Waals surface area (Å²) in [5.74, 6) is -0.570. The number of alkyl halides is 2. The Morgan fingerprint density at radius 3 is 2.57 bits per heavy atom. The van der Waals surface area contributed by atoms with Crippen molar-refractivity contribution in [3.63, 3.8) is 0 Å². The zero-order valence-electron chi connectivity index (χ0n) is 17.4. The third kappa shape index (κ3) is 6.20. The summed E-state index contributed by atoms with van der Waals surface area (Å²) in [6.07, 6.45) is 0.925. The van der Waals surface area contributed by atoms with Crippen LogP contribution in [0.25, 0.3) is 0 Å². The summed E-state index contributed by atoms with van der Waals surface area (Å²) in [5, 5.41) is 5.50. The number of carbonyl (C=O) groups is 2. The van der Waals surface area contributed by atoms with E-state index in [9.17, 15) is 18.4 Å². The van der Waals surface area contributed by atoms with Gasteiger partial charge in [0.05, 0.1) is 11.6 Å². The van der Waals surface area contributed by atoms with Gasteiger partial charge in [-0.05, 0) is 37.1 Å². The van der Waals surface area contributed by atoms with Gasteiger partial charge < -0.3 is 15.4 Å². The van der Waals surface area contributed by atoms with Gasteiger partial charge in [-0.3, -0.25) is 9.59 Å². The third-order valence-electron chi connectivity index (χ3n) is 4.34. The van der Waals surface area contributed by atoms with Crippen LogP contribution in [0.1, 0.15) is 55.2 Å². The lowest BCUT2D eigenvalue weighted by molar-refractivity contribution is -0.118. The Labute approximate surface area is 174 Å². The highest BCUT2D eigenvalue weighted by Crippen LogP contribution is 2.22. The quantitative estimate of drug-likeness (QED) is 0.644. The summed E-state index contributed by atoms with van der Waals surface area (Å²) in [4.78, 5) is 33.0. The van der Waals surface area contributed by atoms with Gasteiger partial charge >= 0.3 is 0 Å². The maximum atomic E-state index is 12.8. The molecule has 2 N–H and O–H groups in total. The third-order valence-corrected chi connectivity index (χ3v) is 4.34. The van der Waals surface area contributed by atoms with Crippen LogP contribution in [0.3, 0.4) is 0 Å². The lowest BCUT2D eigenvalue weighted by Gasteiger charge is -2.18. The number of amides is 2. The second-order valence-corrected chi connectivity index (χ2v) is 7.03. The number of hydrogen-bond acceptors (Lipinski definition) is 5. The van der Waals surface area contributed by atoms with Crippen LogP contribution >= 0.6 is 0 Å². The summed E-state index contributed by atoms with van der Waals surface area (Å²) in [7, 11) is 0. The van der Waals surface area contributed by atoms with Gasteiger partial charge in [0.1, 0.15) is 5.82 Å². The average Bonchev–Trinajstić information content (AvgIpc) is 2.72. The van der Waals surface area contributed by atoms with E-state index >= 15 is 0 Å². The second kappa shape index (κ2) is 10.6. The summed E-state index contributed by atoms with van der Waals surface area (Å²) >= 11 is 0. The maximum absolute atomic E-state index is 12.8. The van der Waals surface area contributed by atoms with E-state index in [0.717, 1.165) is 0 Å². The molecule has 0 aromatic carbocycles. The molecular weight excluding hydrogens is 394 g/mol. The van der Waals surface area contributed by atoms with Gasteiger partial charge in [0.2, 0.25) is 11.8 Å². The van der Waals surface area contributed by atoms with Crippen LogP contribution in [-0.4, -0.2) is 34.8 Å². The fourth-order valence-electron chi connectivity index (χ4n) is 2.59. The Morgan fingerprint density at radius 2 is 1.93 bits per heavy atom. The van der Waals surface area contributed by atoms with Gasteiger partial charge in [-0.15, -0.1) is 0 Å². The van der Waals surface area contributed by atoms with E-state index < -0.39 is 25.0 Å². The van der Waals surface area contributed by atoms with Crippen molar-refractivity contribution in [1.82, 2.24) is 15.3 Å². The number of aromatic nitrogens is 2. The minimum atomic E-state index is -2.58. The first-order chi connectivity index (χ1) is 14.2. The Balaban J connectivity index is 2.15. The first-order valence-electron chi connectivity index (χ1n) is 9.69. The van der Waals surface area contributed by atoms with Crippen LogP contribution in [0.15, 0.2) is 30.6 Å². The predicted molar refractivity (Wildman–Crippen MR) is 109 cm³/mol. The molecule has 1 atom stereocenters. The molecule has 0 fully saturated rings. The number of ether oxygens (including phenoxy) is 1. The first kappa shape index (κ1) is 23.2. The van der Waals surface area contributed by atoms with Crippen LogP contribution < -0.4 is 15.4 Å². The van der Waals surface area contributed by atoms with Gasteiger partial charge in [0.25, 0.3) is 12.3 Å². The zero-order chi connectivity index (χ0) is 22.3. The van der Waals surface area contributed by atoms with Crippen LogP contribution in [0.5, 0.6) is 5.88 Å². The molecule has 1 unspecified atom stereocenters. The Kier molecular flexibility index (Phi) is 8.20. The summed E-state index contributed by atoms with van der Waals surface area (Å²) in [5.41, 5.74) is 1.60. The van der Waals surface area contributed by atoms with Crippen LogP contribution in [0.2, 0.25) is 0 Å². The highest BCUT2D eigenvalue weighted by atomic mass is 19.3. The molecule has 30 heavy (non-hydrogen) atoms. The van der Waals surface area contributed by atoms with Crippen LogP contribution in [-0.2, 0) is 11.2 Å². The summed E-state index contributed by atoms with van der Waals surface area (Å²) < 4.78 is 29.8. The number of anilines is 1. The number of rotatable bonds is 9. The van der Waals surface area contributed by atoms with Crippen molar-refractivity contribution in [3.8, 4) is 5.88 Å². The molecule has 0 saturated heterocycles. The van der Waals surface area contributed by atoms with Crippen molar-refractivity contribution < 1.29 is 23.1 Å². The fraction of sp³-hybridized carbons (Fsp3) is 0.429. The van der Waals surface area contributed by atoms with Crippen molar-refractivity contribution in [3.05, 3.63) is 47.3 Å². The molecule has 0 aliphatic heterocycles. The SMILES string of the molecule is CCc1cc(C(C)NC(=O)c2cccnc2NC(=O)C(C)C)cnc1OCC(F)F. The molecule has 0 spiro atoms. The standard InChI is InChI=1S/C21H26F2N4O3/c1-5-14-9-15(10-25-21(14)30-11-17(22)23)13(4)26-20(29)16-7-6-8-24-18(16)27-19(28)12(2)3/h6-10,12-13,17H,5,11H2,1-4H3,(H,26,29)(H,24,27,28). The molecule has 0 saturated carbocycles. The maximum Gasteiger partial charge on any atom is 0.272 e. The van der Waals surface area contributed by atoms with Crippen molar-refractivity contribution in [2.75, 3.05) is 11.9 Å². The normalized spacial score (nSPS) is 12.0. The van der Waals surface area contributed by atoms with Crippen LogP contribution in [0.4, 0.5) is 14.6 Å². The largest absolute Gasteiger partial charge is 0.471 e. The number of halogens is 2. The molecule has 2 rings (SSSR count). The number of nitrogens with zero attached hydrogens (tertiary/aromatic N) is 2. The van der Waals surface area contributed by atoms with E-state index in [-0.39, 0.29) is 29.1 Å². The monoisotopic (exact) mass is 420 g/mol. The lowest BCUT2D eigenvalue weighted by atomic mass is 10.1. The van der Waals surface area contributed by atoms with E-state index in [1.54, 1.807) is 39.0 Å². The van der Waals surface area contributed by atoms with Gasteiger partial charge in [-0.2, -0.15) is 0 Å². The molecule has 2 heterocycles. The topological polar surface area (TPSA) is 93.2 Å². The molecule has 2 aromatic rings. The number of carbonyl (C=O) groups excluding carboxylic acids is 2. The van der Waals surface area contributed by atoms with Crippen molar-refractivity contribution in [1.29, 1.82) is 0 Å². The van der Waals surface area contributed by atoms with E-state index in [2.05, 4.69) is 20.6 Å². The number of pyridine rings is 2. The first-order valence-corrected chi connectivity index (χ1v) is 9.69. The summed E-state index contributed by atoms with van der Waals surface area (Å²) in [6.45, 7) is 6.40. The molecule has 7 nitrogen and oxygen atoms in total. The minimum absolute atomic E-state index is 0.158. The molecular formula is C21H26F2N4O3. The molecule has 162 valence electrons. The number of hydrogen-bond donors (Lipinski definition) is 2. The molecule has 0 bridgehead atoms. The van der Waals surface area contributed by atoms with Gasteiger partial charge in [0.15, 0.2) is 6.61 Å². The van der Waals surface area contributed by atoms with Crippen molar-refractivity contribution in [2.24, 2.45) is 5.92 Å². The van der Waals surface area contributed by atoms with E-state index in [1.165, 1.54) is 12.4 Å².